The molecule has 198 valence electrons. The number of esters is 4. The van der Waals surface area contributed by atoms with Gasteiger partial charge in [0.1, 0.15) is 22.7 Å². The van der Waals surface area contributed by atoms with E-state index in [0.717, 1.165) is 0 Å². The van der Waals surface area contributed by atoms with Gasteiger partial charge >= 0.3 is 23.9 Å². The summed E-state index contributed by atoms with van der Waals surface area (Å²) in [6.07, 6.45) is -1.02. The first-order chi connectivity index (χ1) is 17.0. The fourth-order valence-electron chi connectivity index (χ4n) is 8.75. The standard InChI is InChI=1S/C27H30O10/c1-12-22(7)18(34-15(4)28)26-13(2)24(10-9-17(30)35-21(24,5)6)11-16(29)23(26,8)25(12)19(31)33-14(3)27(25,37-26)20(32)36-22/h9-10,14,16,18,29H,1-2,11H2,3-8H3/t14-,16+,18+,22+,23+,24-,25+,26+,27-/m0/s1. The van der Waals surface area contributed by atoms with Crippen LogP contribution < -0.4 is 0 Å². The largest absolute Gasteiger partial charge is 0.458 e. The molecule has 2 aliphatic carbocycles. The van der Waals surface area contributed by atoms with Crippen molar-refractivity contribution < 1.29 is 48.0 Å². The number of hydrogen-bond acceptors (Lipinski definition) is 10. The second-order valence-electron chi connectivity index (χ2n) is 12.0. The van der Waals surface area contributed by atoms with Crippen LogP contribution in [0.5, 0.6) is 0 Å². The summed E-state index contributed by atoms with van der Waals surface area (Å²) in [6.45, 7) is 17.9. The van der Waals surface area contributed by atoms with E-state index >= 15 is 0 Å². The lowest BCUT2D eigenvalue weighted by Gasteiger charge is -2.69. The monoisotopic (exact) mass is 514 g/mol. The first-order valence-corrected chi connectivity index (χ1v) is 12.3. The van der Waals surface area contributed by atoms with E-state index in [-0.39, 0.29) is 17.6 Å². The maximum Gasteiger partial charge on any atom is 0.345 e. The van der Waals surface area contributed by atoms with E-state index < -0.39 is 80.8 Å². The van der Waals surface area contributed by atoms with Gasteiger partial charge in [-0.15, -0.1) is 0 Å². The Bertz CT molecular complexity index is 1300. The second-order valence-corrected chi connectivity index (χ2v) is 12.0. The molecule has 9 atom stereocenters. The molecule has 10 heteroatoms. The molecule has 6 rings (SSSR count). The van der Waals surface area contributed by atoms with Crippen molar-refractivity contribution in [1.29, 1.82) is 0 Å². The molecule has 5 fully saturated rings. The van der Waals surface area contributed by atoms with Crippen LogP contribution in [-0.4, -0.2) is 69.7 Å². The molecule has 4 heterocycles. The zero-order chi connectivity index (χ0) is 27.4. The Labute approximate surface area is 213 Å². The van der Waals surface area contributed by atoms with Crippen molar-refractivity contribution in [3.05, 3.63) is 36.5 Å². The van der Waals surface area contributed by atoms with Gasteiger partial charge < -0.3 is 28.8 Å². The Kier molecular flexibility index (Phi) is 4.07. The number of rotatable bonds is 1. The SMILES string of the molecule is C=C1[C@]2(C=CC(=O)OC2(C)C)C[C@@H](O)[C@]2(C)[C@]34C(=C)[C@@]5(C)OC(=O)[C@@]3(O[C@@]12[C@@H]5OC(C)=O)[C@H](C)OC4=O. The van der Waals surface area contributed by atoms with E-state index in [4.69, 9.17) is 23.7 Å². The molecule has 2 saturated carbocycles. The fraction of sp³-hybridized carbons (Fsp3) is 0.630. The number of hydrogen-bond donors (Lipinski definition) is 1. The van der Waals surface area contributed by atoms with Gasteiger partial charge in [-0.3, -0.25) is 9.59 Å². The van der Waals surface area contributed by atoms with E-state index in [1.807, 2.05) is 0 Å². The molecule has 3 bridgehead atoms. The van der Waals surface area contributed by atoms with Gasteiger partial charge in [-0.05, 0) is 45.3 Å². The Morgan fingerprint density at radius 1 is 1.05 bits per heavy atom. The zero-order valence-electron chi connectivity index (χ0n) is 21.6. The van der Waals surface area contributed by atoms with Crippen LogP contribution in [0.15, 0.2) is 36.5 Å². The van der Waals surface area contributed by atoms with E-state index in [2.05, 4.69) is 13.2 Å². The first kappa shape index (κ1) is 24.4. The number of carbonyl (C=O) groups excluding carboxylic acids is 4. The molecule has 0 amide bonds. The van der Waals surface area contributed by atoms with E-state index in [1.54, 1.807) is 26.8 Å². The van der Waals surface area contributed by atoms with Crippen LogP contribution in [0.4, 0.5) is 0 Å². The Morgan fingerprint density at radius 2 is 1.70 bits per heavy atom. The molecule has 0 radical (unpaired) electrons. The highest BCUT2D eigenvalue weighted by Crippen LogP contribution is 2.84. The lowest BCUT2D eigenvalue weighted by Crippen LogP contribution is -2.82. The highest BCUT2D eigenvalue weighted by molar-refractivity contribution is 6.03. The predicted octanol–water partition coefficient (Wildman–Crippen LogP) is 1.45. The summed E-state index contributed by atoms with van der Waals surface area (Å²) in [6, 6.07) is 0. The minimum absolute atomic E-state index is 0.0322. The number of carbonyl (C=O) groups is 4. The molecule has 4 aliphatic heterocycles. The van der Waals surface area contributed by atoms with Crippen molar-refractivity contribution in [3.8, 4) is 0 Å². The molecule has 37 heavy (non-hydrogen) atoms. The third-order valence-electron chi connectivity index (χ3n) is 10.5. The third kappa shape index (κ3) is 1.94. The summed E-state index contributed by atoms with van der Waals surface area (Å²) < 4.78 is 30.1. The first-order valence-electron chi connectivity index (χ1n) is 12.3. The Balaban J connectivity index is 1.77. The predicted molar refractivity (Wildman–Crippen MR) is 123 cm³/mol. The second kappa shape index (κ2) is 6.18. The summed E-state index contributed by atoms with van der Waals surface area (Å²) >= 11 is 0. The number of aliphatic hydroxyl groups is 1. The van der Waals surface area contributed by atoms with E-state index in [9.17, 15) is 24.3 Å². The van der Waals surface area contributed by atoms with Crippen LogP contribution >= 0.6 is 0 Å². The molecule has 0 aromatic heterocycles. The smallest absolute Gasteiger partial charge is 0.345 e. The van der Waals surface area contributed by atoms with Crippen molar-refractivity contribution >= 4 is 23.9 Å². The van der Waals surface area contributed by atoms with Crippen LogP contribution in [0.1, 0.15) is 48.0 Å². The topological polar surface area (TPSA) is 135 Å². The highest BCUT2D eigenvalue weighted by atomic mass is 16.7. The molecule has 2 spiro atoms. The van der Waals surface area contributed by atoms with Crippen molar-refractivity contribution in [3.63, 3.8) is 0 Å². The number of aliphatic hydroxyl groups excluding tert-OH is 1. The summed E-state index contributed by atoms with van der Waals surface area (Å²) in [5.41, 5.74) is -11.1. The van der Waals surface area contributed by atoms with Crippen molar-refractivity contribution in [1.82, 2.24) is 0 Å². The molecule has 6 aliphatic rings. The van der Waals surface area contributed by atoms with Crippen LogP contribution in [0.25, 0.3) is 0 Å². The molecule has 1 N–H and O–H groups in total. The lowest BCUT2D eigenvalue weighted by molar-refractivity contribution is -0.262. The summed E-state index contributed by atoms with van der Waals surface area (Å²) in [7, 11) is 0. The van der Waals surface area contributed by atoms with Crippen LogP contribution in [0, 0.1) is 16.2 Å². The van der Waals surface area contributed by atoms with Crippen LogP contribution in [0.2, 0.25) is 0 Å². The van der Waals surface area contributed by atoms with E-state index in [1.165, 1.54) is 26.8 Å². The third-order valence-corrected chi connectivity index (χ3v) is 10.5. The van der Waals surface area contributed by atoms with Gasteiger partial charge in [0.25, 0.3) is 0 Å². The van der Waals surface area contributed by atoms with Gasteiger partial charge in [0.2, 0.25) is 5.60 Å². The van der Waals surface area contributed by atoms with Gasteiger partial charge in [0.15, 0.2) is 11.7 Å². The van der Waals surface area contributed by atoms with Gasteiger partial charge in [0.05, 0.1) is 16.9 Å². The molecule has 0 aromatic rings. The number of cyclic esters (lactones) is 2. The molecule has 0 unspecified atom stereocenters. The summed E-state index contributed by atoms with van der Waals surface area (Å²) in [5, 5.41) is 12.1. The van der Waals surface area contributed by atoms with Crippen LogP contribution in [-0.2, 0) is 42.9 Å². The van der Waals surface area contributed by atoms with Gasteiger partial charge in [-0.1, -0.05) is 26.2 Å². The molecular weight excluding hydrogens is 484 g/mol. The maximum absolute atomic E-state index is 14.0. The normalized spacial score (nSPS) is 52.4. The quantitative estimate of drug-likeness (QED) is 0.311. The van der Waals surface area contributed by atoms with E-state index in [0.29, 0.717) is 0 Å². The lowest BCUT2D eigenvalue weighted by atomic mass is 9.35. The van der Waals surface area contributed by atoms with Crippen molar-refractivity contribution in [2.45, 2.75) is 88.7 Å². The van der Waals surface area contributed by atoms with Gasteiger partial charge in [-0.2, -0.15) is 0 Å². The van der Waals surface area contributed by atoms with Gasteiger partial charge in [-0.25, -0.2) is 9.59 Å². The van der Waals surface area contributed by atoms with Gasteiger partial charge in [0, 0.05) is 13.0 Å². The maximum atomic E-state index is 14.0. The molecule has 0 aromatic carbocycles. The fourth-order valence-corrected chi connectivity index (χ4v) is 8.75. The zero-order valence-corrected chi connectivity index (χ0v) is 21.6. The molecule has 10 nitrogen and oxygen atoms in total. The molecular formula is C27H30O10. The molecule has 3 saturated heterocycles. The van der Waals surface area contributed by atoms with Crippen molar-refractivity contribution in [2.24, 2.45) is 16.2 Å². The Hall–Kier alpha value is -2.98. The van der Waals surface area contributed by atoms with Crippen molar-refractivity contribution in [2.75, 3.05) is 0 Å². The number of ether oxygens (including phenoxy) is 5. The van der Waals surface area contributed by atoms with Crippen LogP contribution in [0.3, 0.4) is 0 Å². The average molecular weight is 515 g/mol. The minimum atomic E-state index is -2.03. The Morgan fingerprint density at radius 3 is 2.30 bits per heavy atom. The summed E-state index contributed by atoms with van der Waals surface area (Å²) in [4.78, 5) is 52.7. The average Bonchev–Trinajstić information content (AvgIpc) is 3.10. The summed E-state index contributed by atoms with van der Waals surface area (Å²) in [5.74, 6) is -2.92. The minimum Gasteiger partial charge on any atom is -0.458 e. The number of fused-ring (bicyclic) bond motifs is 1. The highest BCUT2D eigenvalue weighted by Gasteiger charge is 3.00.